The molecular weight excluding hydrogens is 378 g/mol. The molecule has 2 heterocycles. The number of halogens is 1. The van der Waals surface area contributed by atoms with Crippen molar-refractivity contribution in [2.24, 2.45) is 0 Å². The molecule has 140 valence electrons. The van der Waals surface area contributed by atoms with E-state index in [0.717, 1.165) is 11.1 Å². The predicted octanol–water partition coefficient (Wildman–Crippen LogP) is 4.71. The quantitative estimate of drug-likeness (QED) is 0.523. The van der Waals surface area contributed by atoms with E-state index in [1.54, 1.807) is 6.07 Å². The van der Waals surface area contributed by atoms with Gasteiger partial charge in [-0.3, -0.25) is 9.89 Å². The third-order valence-corrected chi connectivity index (χ3v) is 4.50. The summed E-state index contributed by atoms with van der Waals surface area (Å²) in [6.45, 7) is 3.41. The number of H-pyrrole nitrogens is 1. The number of aromatic nitrogens is 4. The Labute approximate surface area is 165 Å². The number of benzene rings is 2. The lowest BCUT2D eigenvalue weighted by Crippen LogP contribution is -2.05. The summed E-state index contributed by atoms with van der Waals surface area (Å²) < 4.78 is 6.14. The fourth-order valence-corrected chi connectivity index (χ4v) is 3.10. The lowest BCUT2D eigenvalue weighted by molar-refractivity contribution is -0.114. The van der Waals surface area contributed by atoms with Gasteiger partial charge in [0.05, 0.1) is 5.02 Å². The monoisotopic (exact) mass is 393 g/mol. The van der Waals surface area contributed by atoms with Gasteiger partial charge >= 0.3 is 0 Å². The molecule has 0 atom stereocenters. The van der Waals surface area contributed by atoms with Crippen LogP contribution in [-0.4, -0.2) is 26.1 Å². The van der Waals surface area contributed by atoms with Gasteiger partial charge in [-0.2, -0.15) is 5.10 Å². The second-order valence-electron chi connectivity index (χ2n) is 6.22. The van der Waals surface area contributed by atoms with Gasteiger partial charge in [0.25, 0.3) is 0 Å². The first kappa shape index (κ1) is 17.9. The van der Waals surface area contributed by atoms with Crippen molar-refractivity contribution in [1.82, 2.24) is 20.2 Å². The summed E-state index contributed by atoms with van der Waals surface area (Å²) >= 11 is 6.38. The third kappa shape index (κ3) is 3.39. The molecule has 0 radical (unpaired) electrons. The molecule has 0 saturated heterocycles. The Balaban J connectivity index is 1.90. The van der Waals surface area contributed by atoms with Gasteiger partial charge in [0.15, 0.2) is 17.3 Å². The van der Waals surface area contributed by atoms with Crippen LogP contribution in [0.5, 0.6) is 0 Å². The first-order valence-electron chi connectivity index (χ1n) is 8.53. The Kier molecular flexibility index (Phi) is 4.67. The maximum Gasteiger partial charge on any atom is 0.227 e. The molecule has 0 aliphatic heterocycles. The molecule has 0 aliphatic carbocycles. The molecule has 0 bridgehead atoms. The Morgan fingerprint density at radius 1 is 1.18 bits per heavy atom. The molecule has 8 heteroatoms. The van der Waals surface area contributed by atoms with E-state index < -0.39 is 0 Å². The number of carbonyl (C=O) groups is 1. The van der Waals surface area contributed by atoms with Crippen LogP contribution in [0.15, 0.2) is 53.2 Å². The van der Waals surface area contributed by atoms with E-state index >= 15 is 0 Å². The fourth-order valence-electron chi connectivity index (χ4n) is 2.88. The Hall–Kier alpha value is -3.45. The summed E-state index contributed by atoms with van der Waals surface area (Å²) in [7, 11) is 0. The van der Waals surface area contributed by atoms with Crippen molar-refractivity contribution >= 4 is 23.2 Å². The maximum atomic E-state index is 11.4. The smallest absolute Gasteiger partial charge is 0.227 e. The molecule has 0 aliphatic rings. The first-order valence-corrected chi connectivity index (χ1v) is 8.91. The molecule has 2 N–H and O–H groups in total. The van der Waals surface area contributed by atoms with Crippen molar-refractivity contribution in [3.63, 3.8) is 0 Å². The number of carbonyl (C=O) groups excluding carboxylic acids is 1. The summed E-state index contributed by atoms with van der Waals surface area (Å²) in [6.07, 6.45) is 1.41. The summed E-state index contributed by atoms with van der Waals surface area (Å²) in [5, 5.41) is 10.0. The zero-order chi connectivity index (χ0) is 19.7. The number of amides is 1. The number of anilines is 1. The number of nitrogens with one attached hydrogen (secondary N) is 2. The van der Waals surface area contributed by atoms with Crippen LogP contribution in [0.2, 0.25) is 5.02 Å². The van der Waals surface area contributed by atoms with Crippen molar-refractivity contribution < 1.29 is 9.21 Å². The highest BCUT2D eigenvalue weighted by Crippen LogP contribution is 2.38. The Morgan fingerprint density at radius 3 is 2.71 bits per heavy atom. The fraction of sp³-hybridized carbons (Fsp3) is 0.100. The summed E-state index contributed by atoms with van der Waals surface area (Å²) in [4.78, 5) is 20.2. The van der Waals surface area contributed by atoms with E-state index in [1.807, 2.05) is 43.3 Å². The average Bonchev–Trinajstić information content (AvgIpc) is 3.32. The van der Waals surface area contributed by atoms with Gasteiger partial charge in [0.2, 0.25) is 11.8 Å². The molecule has 0 unspecified atom stereocenters. The molecule has 2 aromatic carbocycles. The largest absolute Gasteiger partial charge is 0.435 e. The molecule has 28 heavy (non-hydrogen) atoms. The highest BCUT2D eigenvalue weighted by atomic mass is 35.5. The zero-order valence-corrected chi connectivity index (χ0v) is 15.9. The van der Waals surface area contributed by atoms with Crippen LogP contribution in [-0.2, 0) is 4.79 Å². The minimum absolute atomic E-state index is 0.152. The minimum Gasteiger partial charge on any atom is -0.435 e. The number of oxazole rings is 1. The normalized spacial score (nSPS) is 10.8. The highest BCUT2D eigenvalue weighted by Gasteiger charge is 2.22. The number of rotatable bonds is 4. The van der Waals surface area contributed by atoms with E-state index in [9.17, 15) is 4.79 Å². The van der Waals surface area contributed by atoms with E-state index in [-0.39, 0.29) is 5.91 Å². The number of hydrogen-bond acceptors (Lipinski definition) is 5. The van der Waals surface area contributed by atoms with Crippen molar-refractivity contribution in [2.75, 3.05) is 5.32 Å². The van der Waals surface area contributed by atoms with Crippen LogP contribution in [0.1, 0.15) is 12.5 Å². The zero-order valence-electron chi connectivity index (χ0n) is 15.2. The van der Waals surface area contributed by atoms with Crippen LogP contribution in [0.4, 0.5) is 5.69 Å². The van der Waals surface area contributed by atoms with Crippen LogP contribution >= 0.6 is 11.6 Å². The molecule has 0 spiro atoms. The lowest BCUT2D eigenvalue weighted by Gasteiger charge is -2.06. The molecule has 2 aromatic heterocycles. The number of aromatic amines is 1. The van der Waals surface area contributed by atoms with Gasteiger partial charge in [-0.15, -0.1) is 0 Å². The third-order valence-electron chi connectivity index (χ3n) is 4.17. The Morgan fingerprint density at radius 2 is 2.00 bits per heavy atom. The van der Waals surface area contributed by atoms with E-state index in [2.05, 4.69) is 25.5 Å². The van der Waals surface area contributed by atoms with Gasteiger partial charge in [0.1, 0.15) is 6.33 Å². The summed E-state index contributed by atoms with van der Waals surface area (Å²) in [5.74, 6) is 1.20. The van der Waals surface area contributed by atoms with E-state index in [4.69, 9.17) is 16.0 Å². The summed E-state index contributed by atoms with van der Waals surface area (Å²) in [5.41, 5.74) is 3.57. The summed E-state index contributed by atoms with van der Waals surface area (Å²) in [6, 6.07) is 12.9. The molecule has 4 rings (SSSR count). The highest BCUT2D eigenvalue weighted by molar-refractivity contribution is 6.33. The lowest BCUT2D eigenvalue weighted by atomic mass is 10.1. The van der Waals surface area contributed by atoms with Gasteiger partial charge in [0, 0.05) is 23.7 Å². The van der Waals surface area contributed by atoms with E-state index in [1.165, 1.54) is 13.3 Å². The number of aryl methyl sites for hydroxylation is 1. The van der Waals surface area contributed by atoms with E-state index in [0.29, 0.717) is 39.4 Å². The second kappa shape index (κ2) is 7.28. The molecule has 1 amide bonds. The van der Waals surface area contributed by atoms with Gasteiger partial charge < -0.3 is 9.73 Å². The first-order chi connectivity index (χ1) is 13.5. The van der Waals surface area contributed by atoms with Crippen LogP contribution < -0.4 is 5.32 Å². The molecule has 0 fully saturated rings. The van der Waals surface area contributed by atoms with Crippen LogP contribution in [0.3, 0.4) is 0 Å². The van der Waals surface area contributed by atoms with Crippen molar-refractivity contribution in [2.45, 2.75) is 13.8 Å². The predicted molar refractivity (Wildman–Crippen MR) is 107 cm³/mol. The van der Waals surface area contributed by atoms with Crippen LogP contribution in [0, 0.1) is 6.92 Å². The average molecular weight is 394 g/mol. The van der Waals surface area contributed by atoms with Gasteiger partial charge in [-0.05, 0) is 36.8 Å². The van der Waals surface area contributed by atoms with Gasteiger partial charge in [-0.25, -0.2) is 9.97 Å². The molecule has 7 nitrogen and oxygen atoms in total. The van der Waals surface area contributed by atoms with Gasteiger partial charge in [-0.1, -0.05) is 29.8 Å². The number of hydrogen-bond donors (Lipinski definition) is 2. The molecule has 4 aromatic rings. The van der Waals surface area contributed by atoms with Crippen molar-refractivity contribution in [3.8, 4) is 34.3 Å². The van der Waals surface area contributed by atoms with Crippen molar-refractivity contribution in [1.29, 1.82) is 0 Å². The topological polar surface area (TPSA) is 96.7 Å². The molecular formula is C20H16ClN5O2. The maximum absolute atomic E-state index is 11.4. The standard InChI is InChI=1S/C20H16ClN5O2/c1-11-7-8-13(24-12(2)27)9-15(11)20-25-17(19-22-10-23-26-19)18(28-20)14-5-3-4-6-16(14)21/h3-10H,1-2H3,(H,24,27)(H,22,23,26). The van der Waals surface area contributed by atoms with Crippen molar-refractivity contribution in [3.05, 3.63) is 59.4 Å². The van der Waals surface area contributed by atoms with Crippen LogP contribution in [0.25, 0.3) is 34.3 Å². The molecule has 0 saturated carbocycles. The Bertz CT molecular complexity index is 1150. The number of nitrogens with zero attached hydrogens (tertiary/aromatic N) is 3. The SMILES string of the molecule is CC(=O)Nc1ccc(C)c(-c2nc(-c3ncn[nH]3)c(-c3ccccc3Cl)o2)c1. The second-order valence-corrected chi connectivity index (χ2v) is 6.63. The minimum atomic E-state index is -0.152.